The third kappa shape index (κ3) is 6.01. The van der Waals surface area contributed by atoms with Crippen LogP contribution in [0.4, 0.5) is 0 Å². The summed E-state index contributed by atoms with van der Waals surface area (Å²) in [6, 6.07) is 4.95. The van der Waals surface area contributed by atoms with Crippen LogP contribution in [0, 0.1) is 0 Å². The van der Waals surface area contributed by atoms with Gasteiger partial charge in [-0.05, 0) is 42.1 Å². The summed E-state index contributed by atoms with van der Waals surface area (Å²) in [5.74, 6) is -1.92. The largest absolute Gasteiger partial charge is 0.481 e. The Balaban J connectivity index is 0.000000239. The third-order valence-corrected chi connectivity index (χ3v) is 3.61. The van der Waals surface area contributed by atoms with Gasteiger partial charge in [0.05, 0.1) is 6.42 Å². The van der Waals surface area contributed by atoms with Crippen LogP contribution in [0.25, 0.3) is 0 Å². The zero-order valence-corrected chi connectivity index (χ0v) is 13.1. The summed E-state index contributed by atoms with van der Waals surface area (Å²) in [4.78, 5) is 19.6. The van der Waals surface area contributed by atoms with Gasteiger partial charge in [-0.25, -0.2) is 0 Å². The Morgan fingerprint density at radius 2 is 2.14 bits per heavy atom. The molecule has 1 aromatic rings. The lowest BCUT2D eigenvalue weighted by atomic mass is 9.96. The highest BCUT2D eigenvalue weighted by atomic mass is 35.5. The van der Waals surface area contributed by atoms with Crippen molar-refractivity contribution in [1.29, 1.82) is 0 Å². The Hall–Kier alpha value is -1.63. The highest BCUT2D eigenvalue weighted by Crippen LogP contribution is 2.25. The molecule has 0 saturated heterocycles. The van der Waals surface area contributed by atoms with Gasteiger partial charge in [-0.3, -0.25) is 9.59 Å². The van der Waals surface area contributed by atoms with Gasteiger partial charge in [0, 0.05) is 11.6 Å². The fourth-order valence-corrected chi connectivity index (χ4v) is 2.36. The maximum absolute atomic E-state index is 9.85. The van der Waals surface area contributed by atoms with Gasteiger partial charge >= 0.3 is 11.9 Å². The summed E-state index contributed by atoms with van der Waals surface area (Å²) in [6.07, 6.45) is 0.589. The number of benzene rings is 1. The lowest BCUT2D eigenvalue weighted by Gasteiger charge is -2.11. The number of hydrogen-bond donors (Lipinski definition) is 4. The number of nitrogens with two attached hydrogens (primary N) is 1. The topological polar surface area (TPSA) is 113 Å². The maximum atomic E-state index is 9.85. The minimum Gasteiger partial charge on any atom is -0.481 e. The van der Waals surface area contributed by atoms with Gasteiger partial charge in [0.2, 0.25) is 0 Å². The van der Waals surface area contributed by atoms with Crippen LogP contribution in [-0.2, 0) is 16.0 Å². The first-order valence-corrected chi connectivity index (χ1v) is 7.38. The van der Waals surface area contributed by atoms with Crippen LogP contribution in [0.3, 0.4) is 0 Å². The quantitative estimate of drug-likeness (QED) is 0.668. The first kappa shape index (κ1) is 18.4. The zero-order chi connectivity index (χ0) is 16.7. The molecule has 0 fully saturated rings. The average Bonchev–Trinajstić information content (AvgIpc) is 2.61. The molecule has 1 aromatic carbocycles. The van der Waals surface area contributed by atoms with E-state index in [-0.39, 0.29) is 0 Å². The van der Waals surface area contributed by atoms with Gasteiger partial charge in [-0.15, -0.1) is 0 Å². The van der Waals surface area contributed by atoms with Crippen LogP contribution in [0.5, 0.6) is 0 Å². The Morgan fingerprint density at radius 1 is 1.45 bits per heavy atom. The molecule has 5 N–H and O–H groups in total. The maximum Gasteiger partial charge on any atom is 0.321 e. The molecule has 22 heavy (non-hydrogen) atoms. The minimum absolute atomic E-state index is 0.532. The number of rotatable bonds is 3. The number of hydrogen-bond acceptors (Lipinski definition) is 4. The fraction of sp³-hybridized carbons (Fsp3) is 0.467. The lowest BCUT2D eigenvalue weighted by Crippen LogP contribution is -2.32. The number of carbonyl (C=O) groups is 2. The van der Waals surface area contributed by atoms with E-state index in [1.54, 1.807) is 0 Å². The van der Waals surface area contributed by atoms with Gasteiger partial charge in [-0.1, -0.05) is 24.6 Å². The molecule has 2 rings (SSSR count). The van der Waals surface area contributed by atoms with E-state index < -0.39 is 24.4 Å². The molecule has 122 valence electrons. The van der Waals surface area contributed by atoms with Crippen molar-refractivity contribution in [3.63, 3.8) is 0 Å². The van der Waals surface area contributed by atoms with E-state index in [4.69, 9.17) is 27.5 Å². The molecule has 0 radical (unpaired) electrons. The fourth-order valence-electron chi connectivity index (χ4n) is 2.18. The molecule has 7 heteroatoms. The van der Waals surface area contributed by atoms with Crippen molar-refractivity contribution in [3.05, 3.63) is 34.3 Å². The summed E-state index contributed by atoms with van der Waals surface area (Å²) < 4.78 is 0. The van der Waals surface area contributed by atoms with Crippen LogP contribution in [0.15, 0.2) is 18.2 Å². The Kier molecular flexibility index (Phi) is 7.31. The van der Waals surface area contributed by atoms with Crippen molar-refractivity contribution < 1.29 is 19.8 Å². The smallest absolute Gasteiger partial charge is 0.321 e. The second-order valence-electron chi connectivity index (χ2n) is 5.24. The molecule has 0 unspecified atom stereocenters. The van der Waals surface area contributed by atoms with Gasteiger partial charge in [0.25, 0.3) is 0 Å². The van der Waals surface area contributed by atoms with Crippen LogP contribution >= 0.6 is 11.6 Å². The summed E-state index contributed by atoms with van der Waals surface area (Å²) in [5.41, 5.74) is 7.70. The molecule has 0 aliphatic carbocycles. The van der Waals surface area contributed by atoms with Gasteiger partial charge in [0.1, 0.15) is 6.04 Å². The number of aliphatic carboxylic acids is 2. The third-order valence-electron chi connectivity index (χ3n) is 3.37. The van der Waals surface area contributed by atoms with Crippen LogP contribution in [-0.4, -0.2) is 41.3 Å². The highest BCUT2D eigenvalue weighted by molar-refractivity contribution is 6.30. The van der Waals surface area contributed by atoms with Crippen LogP contribution in [0.1, 0.15) is 30.4 Å². The van der Waals surface area contributed by atoms with E-state index in [1.165, 1.54) is 11.1 Å². The number of carboxylic acids is 2. The molecule has 0 amide bonds. The van der Waals surface area contributed by atoms with E-state index >= 15 is 0 Å². The first-order chi connectivity index (χ1) is 10.3. The van der Waals surface area contributed by atoms with Crippen molar-refractivity contribution in [2.75, 3.05) is 13.1 Å². The average molecular weight is 329 g/mol. The Bertz CT molecular complexity index is 536. The molecular weight excluding hydrogens is 308 g/mol. The van der Waals surface area contributed by atoms with E-state index in [2.05, 4.69) is 24.4 Å². The summed E-state index contributed by atoms with van der Waals surface area (Å²) in [6.45, 7) is 4.39. The highest BCUT2D eigenvalue weighted by Gasteiger charge is 2.15. The Labute approximate surface area is 134 Å². The molecule has 0 bridgehead atoms. The SMILES string of the molecule is C[C@@H]1CNCCc2ccc(Cl)cc21.N[C@@H](CC(=O)O)C(=O)O. The second-order valence-corrected chi connectivity index (χ2v) is 5.68. The predicted octanol–water partition coefficient (Wildman–Crippen LogP) is 1.46. The Morgan fingerprint density at radius 3 is 2.68 bits per heavy atom. The van der Waals surface area contributed by atoms with Gasteiger partial charge in [0.15, 0.2) is 0 Å². The zero-order valence-electron chi connectivity index (χ0n) is 12.4. The van der Waals surface area contributed by atoms with Gasteiger partial charge < -0.3 is 21.3 Å². The molecule has 1 aliphatic rings. The van der Waals surface area contributed by atoms with Crippen molar-refractivity contribution >= 4 is 23.5 Å². The van der Waals surface area contributed by atoms with Crippen LogP contribution in [0.2, 0.25) is 5.02 Å². The monoisotopic (exact) mass is 328 g/mol. The number of halogens is 1. The molecule has 1 aliphatic heterocycles. The molecule has 2 atom stereocenters. The number of carboxylic acid groups (broad SMARTS) is 2. The minimum atomic E-state index is -1.29. The summed E-state index contributed by atoms with van der Waals surface area (Å²) in [5, 5.41) is 20.3. The predicted molar refractivity (Wildman–Crippen MR) is 84.3 cm³/mol. The van der Waals surface area contributed by atoms with Crippen molar-refractivity contribution in [2.24, 2.45) is 5.73 Å². The summed E-state index contributed by atoms with van der Waals surface area (Å²) >= 11 is 5.97. The molecule has 1 heterocycles. The van der Waals surface area contributed by atoms with E-state index in [0.29, 0.717) is 5.92 Å². The molecule has 6 nitrogen and oxygen atoms in total. The summed E-state index contributed by atoms with van der Waals surface area (Å²) in [7, 11) is 0. The first-order valence-electron chi connectivity index (χ1n) is 7.00. The number of fused-ring (bicyclic) bond motifs is 1. The van der Waals surface area contributed by atoms with Gasteiger partial charge in [-0.2, -0.15) is 0 Å². The van der Waals surface area contributed by atoms with Crippen molar-refractivity contribution in [2.45, 2.75) is 31.7 Å². The normalized spacial score (nSPS) is 18.2. The molecule has 0 aromatic heterocycles. The van der Waals surface area contributed by atoms with Crippen molar-refractivity contribution in [3.8, 4) is 0 Å². The van der Waals surface area contributed by atoms with E-state index in [9.17, 15) is 9.59 Å². The van der Waals surface area contributed by atoms with Crippen molar-refractivity contribution in [1.82, 2.24) is 5.32 Å². The molecule has 0 saturated carbocycles. The number of nitrogens with one attached hydrogen (secondary N) is 1. The lowest BCUT2D eigenvalue weighted by molar-refractivity contribution is -0.144. The van der Waals surface area contributed by atoms with E-state index in [0.717, 1.165) is 24.5 Å². The van der Waals surface area contributed by atoms with Crippen LogP contribution < -0.4 is 11.1 Å². The van der Waals surface area contributed by atoms with E-state index in [1.807, 2.05) is 6.07 Å². The second kappa shape index (κ2) is 8.73. The standard InChI is InChI=1S/C11H14ClN.C4H7NO4/c1-8-7-13-5-4-9-2-3-10(12)6-11(8)9;5-2(4(8)9)1-3(6)7/h2-3,6,8,13H,4-5,7H2,1H3;2H,1,5H2,(H,6,7)(H,8,9)/t8-;2-/m10/s1. The molecular formula is C15H21ClN2O4. The molecule has 0 spiro atoms.